The number of pyridine rings is 1. The van der Waals surface area contributed by atoms with Gasteiger partial charge in [0.1, 0.15) is 11.2 Å². The van der Waals surface area contributed by atoms with Gasteiger partial charge in [-0.2, -0.15) is 0 Å². The van der Waals surface area contributed by atoms with Crippen molar-refractivity contribution in [1.29, 1.82) is 0 Å². The van der Waals surface area contributed by atoms with E-state index in [1.54, 1.807) is 32.2 Å². The summed E-state index contributed by atoms with van der Waals surface area (Å²) in [5.41, 5.74) is -0.595. The van der Waals surface area contributed by atoms with E-state index < -0.39 is 11.4 Å². The van der Waals surface area contributed by atoms with Crippen molar-refractivity contribution < 1.29 is 14.6 Å². The number of aromatic nitrogens is 1. The molecule has 0 amide bonds. The Balaban J connectivity index is 3.24. The Morgan fingerprint density at radius 1 is 1.57 bits per heavy atom. The zero-order valence-corrected chi connectivity index (χ0v) is 8.44. The Kier molecular flexibility index (Phi) is 2.74. The minimum absolute atomic E-state index is 0.440. The molecule has 0 radical (unpaired) electrons. The third-order valence-electron chi connectivity index (χ3n) is 2.12. The van der Waals surface area contributed by atoms with Gasteiger partial charge >= 0.3 is 5.97 Å². The summed E-state index contributed by atoms with van der Waals surface area (Å²) < 4.78 is 5.06. The van der Waals surface area contributed by atoms with E-state index in [-0.39, 0.29) is 0 Å². The molecule has 0 spiro atoms. The van der Waals surface area contributed by atoms with Crippen LogP contribution < -0.4 is 4.74 Å². The number of hydrogen-bond acceptors (Lipinski definition) is 3. The molecule has 76 valence electrons. The van der Waals surface area contributed by atoms with Gasteiger partial charge in [-0.1, -0.05) is 0 Å². The molecule has 0 saturated heterocycles. The van der Waals surface area contributed by atoms with Crippen LogP contribution in [0.3, 0.4) is 0 Å². The topological polar surface area (TPSA) is 59.4 Å². The number of rotatable bonds is 3. The molecule has 4 heteroatoms. The predicted octanol–water partition coefficient (Wildman–Crippen LogP) is 1.45. The van der Waals surface area contributed by atoms with E-state index in [9.17, 15) is 4.79 Å². The molecule has 0 unspecified atom stereocenters. The number of aliphatic carboxylic acids is 1. The molecule has 0 fully saturated rings. The van der Waals surface area contributed by atoms with Crippen molar-refractivity contribution >= 4 is 5.97 Å². The maximum absolute atomic E-state index is 11.0. The molecule has 1 aromatic rings. The van der Waals surface area contributed by atoms with Crippen molar-refractivity contribution in [3.05, 3.63) is 24.0 Å². The lowest BCUT2D eigenvalue weighted by Crippen LogP contribution is -2.30. The predicted molar refractivity (Wildman–Crippen MR) is 51.5 cm³/mol. The van der Waals surface area contributed by atoms with E-state index in [4.69, 9.17) is 9.84 Å². The minimum atomic E-state index is -1.04. The van der Waals surface area contributed by atoms with Crippen molar-refractivity contribution in [2.75, 3.05) is 7.11 Å². The van der Waals surface area contributed by atoms with Crippen LogP contribution in [0.1, 0.15) is 19.5 Å². The molecule has 0 aliphatic heterocycles. The van der Waals surface area contributed by atoms with Gasteiger partial charge in [0.25, 0.3) is 0 Å². The first-order chi connectivity index (χ1) is 6.50. The average Bonchev–Trinajstić information content (AvgIpc) is 2.17. The number of hydrogen-bond donors (Lipinski definition) is 1. The maximum atomic E-state index is 11.0. The number of carbonyl (C=O) groups is 1. The van der Waals surface area contributed by atoms with Crippen LogP contribution >= 0.6 is 0 Å². The zero-order chi connectivity index (χ0) is 10.8. The first-order valence-corrected chi connectivity index (χ1v) is 4.23. The molecule has 14 heavy (non-hydrogen) atoms. The van der Waals surface area contributed by atoms with E-state index >= 15 is 0 Å². The SMILES string of the molecule is COc1cccnc1C(C)(C)C(=O)O. The summed E-state index contributed by atoms with van der Waals surface area (Å²) in [5.74, 6) is -0.422. The minimum Gasteiger partial charge on any atom is -0.495 e. The van der Waals surface area contributed by atoms with Crippen molar-refractivity contribution in [1.82, 2.24) is 4.98 Å². The lowest BCUT2D eigenvalue weighted by atomic mass is 9.88. The van der Waals surface area contributed by atoms with Crippen LogP contribution in [-0.4, -0.2) is 23.2 Å². The Labute approximate surface area is 82.5 Å². The maximum Gasteiger partial charge on any atom is 0.315 e. The second kappa shape index (κ2) is 3.65. The van der Waals surface area contributed by atoms with Crippen molar-refractivity contribution in [2.24, 2.45) is 0 Å². The molecule has 0 bridgehead atoms. The van der Waals surface area contributed by atoms with E-state index in [0.717, 1.165) is 0 Å². The summed E-state index contributed by atoms with van der Waals surface area (Å²) in [5, 5.41) is 9.02. The van der Waals surface area contributed by atoms with Gasteiger partial charge in [0.15, 0.2) is 0 Å². The van der Waals surface area contributed by atoms with Gasteiger partial charge in [-0.25, -0.2) is 0 Å². The number of ether oxygens (including phenoxy) is 1. The second-order valence-corrected chi connectivity index (χ2v) is 3.48. The van der Waals surface area contributed by atoms with Crippen molar-refractivity contribution in [3.63, 3.8) is 0 Å². The van der Waals surface area contributed by atoms with Gasteiger partial charge in [0, 0.05) is 6.20 Å². The van der Waals surface area contributed by atoms with E-state index in [1.807, 2.05) is 0 Å². The Bertz CT molecular complexity index is 347. The lowest BCUT2D eigenvalue weighted by Gasteiger charge is -2.20. The highest BCUT2D eigenvalue weighted by Crippen LogP contribution is 2.29. The second-order valence-electron chi connectivity index (χ2n) is 3.48. The highest BCUT2D eigenvalue weighted by molar-refractivity contribution is 5.80. The first kappa shape index (κ1) is 10.5. The summed E-state index contributed by atoms with van der Waals surface area (Å²) >= 11 is 0. The highest BCUT2D eigenvalue weighted by Gasteiger charge is 2.33. The number of nitrogens with zero attached hydrogens (tertiary/aromatic N) is 1. The third kappa shape index (κ3) is 1.69. The Morgan fingerprint density at radius 3 is 2.71 bits per heavy atom. The van der Waals surface area contributed by atoms with Gasteiger partial charge in [-0.15, -0.1) is 0 Å². The molecule has 1 rings (SSSR count). The van der Waals surface area contributed by atoms with Gasteiger partial charge in [0.2, 0.25) is 0 Å². The zero-order valence-electron chi connectivity index (χ0n) is 8.44. The fourth-order valence-corrected chi connectivity index (χ4v) is 1.13. The summed E-state index contributed by atoms with van der Waals surface area (Å²) in [6, 6.07) is 3.41. The number of carboxylic acids is 1. The standard InChI is InChI=1S/C10H13NO3/c1-10(2,9(12)13)8-7(14-3)5-4-6-11-8/h4-6H,1-3H3,(H,12,13). The molecular weight excluding hydrogens is 182 g/mol. The molecule has 0 aliphatic rings. The van der Waals surface area contributed by atoms with Crippen LogP contribution in [0.15, 0.2) is 18.3 Å². The molecular formula is C10H13NO3. The molecule has 1 heterocycles. The molecule has 1 aromatic heterocycles. The number of methoxy groups -OCH3 is 1. The van der Waals surface area contributed by atoms with Gasteiger partial charge in [-0.3, -0.25) is 9.78 Å². The lowest BCUT2D eigenvalue weighted by molar-refractivity contribution is -0.142. The largest absolute Gasteiger partial charge is 0.495 e. The van der Waals surface area contributed by atoms with Crippen LogP contribution in [0.5, 0.6) is 5.75 Å². The van der Waals surface area contributed by atoms with Crippen LogP contribution in [0.2, 0.25) is 0 Å². The quantitative estimate of drug-likeness (QED) is 0.793. The summed E-state index contributed by atoms with van der Waals surface area (Å²) in [7, 11) is 1.50. The van der Waals surface area contributed by atoms with Crippen molar-refractivity contribution in [2.45, 2.75) is 19.3 Å². The smallest absolute Gasteiger partial charge is 0.315 e. The highest BCUT2D eigenvalue weighted by atomic mass is 16.5. The summed E-state index contributed by atoms with van der Waals surface area (Å²) in [4.78, 5) is 15.0. The Hall–Kier alpha value is -1.58. The molecule has 0 atom stereocenters. The van der Waals surface area contributed by atoms with Crippen LogP contribution in [0.25, 0.3) is 0 Å². The van der Waals surface area contributed by atoms with Crippen LogP contribution in [0, 0.1) is 0 Å². The molecule has 0 aliphatic carbocycles. The molecule has 4 nitrogen and oxygen atoms in total. The fraction of sp³-hybridized carbons (Fsp3) is 0.400. The summed E-state index contributed by atoms with van der Waals surface area (Å²) in [6.45, 7) is 3.19. The van der Waals surface area contributed by atoms with Gasteiger partial charge in [0.05, 0.1) is 12.8 Å². The Morgan fingerprint density at radius 2 is 2.21 bits per heavy atom. The molecule has 0 aromatic carbocycles. The normalized spacial score (nSPS) is 11.1. The van der Waals surface area contributed by atoms with Gasteiger partial charge < -0.3 is 9.84 Å². The van der Waals surface area contributed by atoms with E-state index in [2.05, 4.69) is 4.98 Å². The monoisotopic (exact) mass is 195 g/mol. The molecule has 0 saturated carbocycles. The fourth-order valence-electron chi connectivity index (χ4n) is 1.13. The van der Waals surface area contributed by atoms with Gasteiger partial charge in [-0.05, 0) is 26.0 Å². The third-order valence-corrected chi connectivity index (χ3v) is 2.12. The van der Waals surface area contributed by atoms with E-state index in [1.165, 1.54) is 7.11 Å². The molecule has 1 N–H and O–H groups in total. The average molecular weight is 195 g/mol. The van der Waals surface area contributed by atoms with Crippen LogP contribution in [0.4, 0.5) is 0 Å². The van der Waals surface area contributed by atoms with Crippen molar-refractivity contribution in [3.8, 4) is 5.75 Å². The first-order valence-electron chi connectivity index (χ1n) is 4.23. The van der Waals surface area contributed by atoms with E-state index in [0.29, 0.717) is 11.4 Å². The summed E-state index contributed by atoms with van der Waals surface area (Å²) in [6.07, 6.45) is 1.56. The number of carboxylic acid groups (broad SMARTS) is 1. The van der Waals surface area contributed by atoms with Crippen LogP contribution in [-0.2, 0) is 10.2 Å².